The predicted octanol–water partition coefficient (Wildman–Crippen LogP) is 4.78. The van der Waals surface area contributed by atoms with Crippen molar-refractivity contribution in [3.05, 3.63) is 35.6 Å². The minimum Gasteiger partial charge on any atom is -0.480 e. The Kier molecular flexibility index (Phi) is 6.86. The molecule has 161 valence electrons. The van der Waals surface area contributed by atoms with Gasteiger partial charge in [-0.2, -0.15) is 0 Å². The van der Waals surface area contributed by atoms with Crippen molar-refractivity contribution in [1.82, 2.24) is 4.90 Å². The summed E-state index contributed by atoms with van der Waals surface area (Å²) in [6.45, 7) is 12.2. The summed E-state index contributed by atoms with van der Waals surface area (Å²) in [5, 5.41) is 9.91. The Morgan fingerprint density at radius 1 is 1.31 bits per heavy atom. The summed E-state index contributed by atoms with van der Waals surface area (Å²) in [6, 6.07) is 6.35. The van der Waals surface area contributed by atoms with Crippen molar-refractivity contribution < 1.29 is 18.7 Å². The highest BCUT2D eigenvalue weighted by Gasteiger charge is 2.47. The van der Waals surface area contributed by atoms with Gasteiger partial charge in [0.15, 0.2) is 0 Å². The number of aliphatic carboxylic acids is 1. The normalized spacial score (nSPS) is 25.3. The van der Waals surface area contributed by atoms with Gasteiger partial charge in [-0.3, -0.25) is 9.69 Å². The highest BCUT2D eigenvalue weighted by atomic mass is 28.3. The Balaban J connectivity index is 1.93. The zero-order chi connectivity index (χ0) is 21.3. The molecule has 0 amide bonds. The molecule has 2 aliphatic rings. The van der Waals surface area contributed by atoms with Crippen LogP contribution in [0.5, 0.6) is 0 Å². The number of carbonyl (C=O) groups is 1. The highest BCUT2D eigenvalue weighted by Crippen LogP contribution is 2.44. The van der Waals surface area contributed by atoms with Crippen molar-refractivity contribution in [3.63, 3.8) is 0 Å². The first kappa shape index (κ1) is 22.4. The molecule has 1 radical (unpaired) electrons. The fourth-order valence-electron chi connectivity index (χ4n) is 4.75. The molecule has 1 aliphatic heterocycles. The Morgan fingerprint density at radius 2 is 2.00 bits per heavy atom. The maximum atomic E-state index is 14.0. The summed E-state index contributed by atoms with van der Waals surface area (Å²) in [5.74, 6) is -0.232. The van der Waals surface area contributed by atoms with Crippen LogP contribution >= 0.6 is 0 Å². The van der Waals surface area contributed by atoms with E-state index in [9.17, 15) is 14.3 Å². The number of nitrogens with zero attached hydrogens (tertiary/aromatic N) is 1. The fourth-order valence-corrected chi connectivity index (χ4v) is 5.78. The van der Waals surface area contributed by atoms with Crippen LogP contribution in [0.4, 0.5) is 4.39 Å². The summed E-state index contributed by atoms with van der Waals surface area (Å²) in [5.41, 5.74) is 0.871. The van der Waals surface area contributed by atoms with Gasteiger partial charge in [0.2, 0.25) is 9.04 Å². The molecule has 6 heteroatoms. The molecule has 4 atom stereocenters. The van der Waals surface area contributed by atoms with Crippen molar-refractivity contribution >= 4 is 15.0 Å². The van der Waals surface area contributed by atoms with Gasteiger partial charge in [-0.1, -0.05) is 45.7 Å². The maximum absolute atomic E-state index is 14.0. The molecule has 1 saturated carbocycles. The van der Waals surface area contributed by atoms with Crippen molar-refractivity contribution in [2.45, 2.75) is 71.2 Å². The fraction of sp³-hybridized carbons (Fsp3) is 0.696. The number of hydrogen-bond donors (Lipinski definition) is 1. The van der Waals surface area contributed by atoms with Gasteiger partial charge in [0.25, 0.3) is 0 Å². The molecule has 1 saturated heterocycles. The van der Waals surface area contributed by atoms with Crippen molar-refractivity contribution in [2.24, 2.45) is 17.3 Å². The molecule has 0 spiro atoms. The van der Waals surface area contributed by atoms with E-state index >= 15 is 0 Å². The van der Waals surface area contributed by atoms with E-state index in [0.29, 0.717) is 19.0 Å². The van der Waals surface area contributed by atoms with Crippen LogP contribution in [-0.4, -0.2) is 50.3 Å². The average molecular weight is 421 g/mol. The molecule has 1 aliphatic carbocycles. The van der Waals surface area contributed by atoms with Crippen molar-refractivity contribution in [2.75, 3.05) is 13.1 Å². The number of carboxylic acids is 1. The maximum Gasteiger partial charge on any atom is 0.320 e. The van der Waals surface area contributed by atoms with Gasteiger partial charge in [0.1, 0.15) is 11.9 Å². The van der Waals surface area contributed by atoms with Gasteiger partial charge in [-0.05, 0) is 48.5 Å². The molecule has 0 bridgehead atoms. The van der Waals surface area contributed by atoms with Crippen molar-refractivity contribution in [3.8, 4) is 0 Å². The predicted molar refractivity (Wildman–Crippen MR) is 115 cm³/mol. The van der Waals surface area contributed by atoms with Crippen LogP contribution in [0.3, 0.4) is 0 Å². The third-order valence-corrected chi connectivity index (χ3v) is 6.98. The molecule has 1 N–H and O–H groups in total. The molecule has 3 rings (SSSR count). The molecule has 4 nitrogen and oxygen atoms in total. The van der Waals surface area contributed by atoms with E-state index < -0.39 is 21.1 Å². The summed E-state index contributed by atoms with van der Waals surface area (Å²) in [4.78, 5) is 14.2. The number of benzene rings is 1. The Labute approximate surface area is 176 Å². The lowest BCUT2D eigenvalue weighted by Gasteiger charge is -2.39. The average Bonchev–Trinajstić information content (AvgIpc) is 3.33. The molecule has 1 heterocycles. The standard InChI is InChI=1S/C23H35FNO3Si/c1-23(2,3)21(28-29(4)5)19-14-25(20(22(26)27)11-15-9-10-15)13-18(19)16-7-6-8-17(24)12-16/h6-8,12,15,18-21H,9-11,13-14H2,1-5H3,(H,26,27)/t18?,19?,20?,21-/m1/s1. The number of likely N-dealkylation sites (tertiary alicyclic amines) is 1. The molecular weight excluding hydrogens is 385 g/mol. The van der Waals surface area contributed by atoms with Gasteiger partial charge < -0.3 is 9.53 Å². The van der Waals surface area contributed by atoms with E-state index in [4.69, 9.17) is 4.43 Å². The topological polar surface area (TPSA) is 49.8 Å². The third-order valence-electron chi connectivity index (χ3n) is 6.25. The van der Waals surface area contributed by atoms with E-state index in [1.807, 2.05) is 6.07 Å². The number of halogens is 1. The monoisotopic (exact) mass is 420 g/mol. The van der Waals surface area contributed by atoms with Crippen LogP contribution in [0.2, 0.25) is 13.1 Å². The molecule has 2 fully saturated rings. The molecule has 29 heavy (non-hydrogen) atoms. The quantitative estimate of drug-likeness (QED) is 0.615. The Bertz CT molecular complexity index is 716. The van der Waals surface area contributed by atoms with Gasteiger partial charge in [-0.25, -0.2) is 4.39 Å². The number of rotatable bonds is 8. The second-order valence-corrected chi connectivity index (χ2v) is 12.2. The number of hydrogen-bond acceptors (Lipinski definition) is 3. The highest BCUT2D eigenvalue weighted by molar-refractivity contribution is 6.48. The SMILES string of the molecule is C[Si](C)O[C@H](C1CN(C(CC2CC2)C(=O)O)CC1c1cccc(F)c1)C(C)(C)C. The Hall–Kier alpha value is -1.24. The molecule has 1 aromatic rings. The first-order valence-electron chi connectivity index (χ1n) is 10.8. The molecular formula is C23H35FNO3Si. The minimum absolute atomic E-state index is 0.0000242. The molecule has 0 aromatic heterocycles. The third kappa shape index (κ3) is 5.67. The summed E-state index contributed by atoms with van der Waals surface area (Å²) in [7, 11) is -0.936. The minimum atomic E-state index is -0.936. The zero-order valence-corrected chi connectivity index (χ0v) is 19.3. The van der Waals surface area contributed by atoms with Gasteiger partial charge >= 0.3 is 5.97 Å². The van der Waals surface area contributed by atoms with Crippen LogP contribution in [0, 0.1) is 23.1 Å². The van der Waals surface area contributed by atoms with E-state index in [2.05, 4.69) is 38.8 Å². The van der Waals surface area contributed by atoms with E-state index in [1.54, 1.807) is 12.1 Å². The smallest absolute Gasteiger partial charge is 0.320 e. The lowest BCUT2D eigenvalue weighted by Crippen LogP contribution is -2.44. The lowest BCUT2D eigenvalue weighted by molar-refractivity contribution is -0.143. The van der Waals surface area contributed by atoms with Crippen LogP contribution in [0.1, 0.15) is 51.5 Å². The second-order valence-electron chi connectivity index (χ2n) is 10.1. The van der Waals surface area contributed by atoms with Gasteiger partial charge in [0, 0.05) is 24.9 Å². The Morgan fingerprint density at radius 3 is 2.52 bits per heavy atom. The molecule has 3 unspecified atom stereocenters. The molecule has 1 aromatic carbocycles. The van der Waals surface area contributed by atoms with Gasteiger partial charge in [0.05, 0.1) is 6.10 Å². The largest absolute Gasteiger partial charge is 0.480 e. The second kappa shape index (κ2) is 8.86. The number of carboxylic acid groups (broad SMARTS) is 1. The van der Waals surface area contributed by atoms with E-state index in [0.717, 1.165) is 24.8 Å². The summed E-state index contributed by atoms with van der Waals surface area (Å²) in [6.07, 6.45) is 2.99. The first-order chi connectivity index (χ1) is 13.6. The summed E-state index contributed by atoms with van der Waals surface area (Å²) < 4.78 is 20.5. The van der Waals surface area contributed by atoms with Crippen LogP contribution in [-0.2, 0) is 9.22 Å². The van der Waals surface area contributed by atoms with Crippen LogP contribution in [0.25, 0.3) is 0 Å². The van der Waals surface area contributed by atoms with Crippen LogP contribution in [0.15, 0.2) is 24.3 Å². The van der Waals surface area contributed by atoms with Crippen molar-refractivity contribution in [1.29, 1.82) is 0 Å². The van der Waals surface area contributed by atoms with Crippen LogP contribution < -0.4 is 0 Å². The lowest BCUT2D eigenvalue weighted by atomic mass is 9.75. The van der Waals surface area contributed by atoms with Gasteiger partial charge in [-0.15, -0.1) is 0 Å². The first-order valence-corrected chi connectivity index (χ1v) is 13.2. The zero-order valence-electron chi connectivity index (χ0n) is 18.3. The van der Waals surface area contributed by atoms with E-state index in [1.165, 1.54) is 6.07 Å². The summed E-state index contributed by atoms with van der Waals surface area (Å²) >= 11 is 0. The van der Waals surface area contributed by atoms with E-state index in [-0.39, 0.29) is 29.2 Å².